The average Bonchev–Trinajstić information content (AvgIpc) is 3.03. The van der Waals surface area contributed by atoms with Crippen molar-refractivity contribution in [1.29, 1.82) is 0 Å². The normalized spacial score (nSPS) is 30.9. The van der Waals surface area contributed by atoms with Gasteiger partial charge in [0.1, 0.15) is 5.82 Å². The van der Waals surface area contributed by atoms with Crippen molar-refractivity contribution < 1.29 is 17.9 Å². The Hall–Kier alpha value is -2.13. The molecule has 3 fully saturated rings. The molecule has 4 atom stereocenters. The van der Waals surface area contributed by atoms with Gasteiger partial charge in [-0.3, -0.25) is 4.68 Å². The lowest BCUT2D eigenvalue weighted by Gasteiger charge is -2.40. The molecule has 1 saturated heterocycles. The smallest absolute Gasteiger partial charge is 0.383 e. The number of aromatic nitrogens is 3. The molecule has 168 valence electrons. The number of hydrogen-bond acceptors (Lipinski definition) is 5. The van der Waals surface area contributed by atoms with Crippen molar-refractivity contribution in [3.8, 4) is 11.3 Å². The van der Waals surface area contributed by atoms with Crippen LogP contribution in [0.2, 0.25) is 0 Å². The molecule has 0 bridgehead atoms. The zero-order valence-corrected chi connectivity index (χ0v) is 18.0. The highest BCUT2D eigenvalue weighted by Gasteiger charge is 2.63. The van der Waals surface area contributed by atoms with E-state index in [9.17, 15) is 13.2 Å². The fraction of sp³-hybridized carbons (Fsp3) is 0.636. The van der Waals surface area contributed by atoms with Crippen LogP contribution in [0, 0.1) is 11.8 Å². The minimum absolute atomic E-state index is 0.0349. The fourth-order valence-corrected chi connectivity index (χ4v) is 5.72. The summed E-state index contributed by atoms with van der Waals surface area (Å²) in [5, 5.41) is 4.67. The fourth-order valence-electron chi connectivity index (χ4n) is 5.72. The van der Waals surface area contributed by atoms with Crippen LogP contribution in [0.3, 0.4) is 0 Å². The predicted molar refractivity (Wildman–Crippen MR) is 110 cm³/mol. The number of morpholine rings is 1. The zero-order valence-electron chi connectivity index (χ0n) is 18.0. The molecule has 6 nitrogen and oxygen atoms in total. The number of rotatable bonds is 3. The Bertz CT molecular complexity index is 990. The number of alkyl halides is 3. The number of hydrogen-bond donors (Lipinski definition) is 1. The first-order chi connectivity index (χ1) is 14.6. The average molecular weight is 435 g/mol. The second kappa shape index (κ2) is 6.93. The van der Waals surface area contributed by atoms with Crippen molar-refractivity contribution in [2.24, 2.45) is 11.8 Å². The Labute approximate surface area is 179 Å². The highest BCUT2D eigenvalue weighted by atomic mass is 19.4. The van der Waals surface area contributed by atoms with Gasteiger partial charge in [-0.15, -0.1) is 0 Å². The molecule has 2 unspecified atom stereocenters. The molecule has 2 aromatic rings. The number of likely N-dealkylation sites (N-methyl/N-ethyl adjacent to an activating group) is 1. The highest BCUT2D eigenvalue weighted by molar-refractivity contribution is 5.63. The largest absolute Gasteiger partial charge is 0.419 e. The Morgan fingerprint density at radius 3 is 2.55 bits per heavy atom. The lowest BCUT2D eigenvalue weighted by atomic mass is 9.91. The molecule has 2 saturated carbocycles. The second-order valence-electron chi connectivity index (χ2n) is 9.68. The van der Waals surface area contributed by atoms with Gasteiger partial charge in [-0.25, -0.2) is 4.98 Å². The summed E-state index contributed by atoms with van der Waals surface area (Å²) in [4.78, 5) is 6.11. The van der Waals surface area contributed by atoms with Gasteiger partial charge in [-0.05, 0) is 57.7 Å². The number of nitrogens with two attached hydrogens (primary N) is 1. The maximum Gasteiger partial charge on any atom is 0.419 e. The number of pyridine rings is 1. The van der Waals surface area contributed by atoms with Crippen molar-refractivity contribution in [3.63, 3.8) is 0 Å². The van der Waals surface area contributed by atoms with E-state index in [1.54, 1.807) is 0 Å². The Morgan fingerprint density at radius 1 is 1.23 bits per heavy atom. The third-order valence-electron chi connectivity index (χ3n) is 7.10. The van der Waals surface area contributed by atoms with Gasteiger partial charge in [0.15, 0.2) is 0 Å². The summed E-state index contributed by atoms with van der Waals surface area (Å²) in [7, 11) is 2.14. The van der Waals surface area contributed by atoms with Crippen molar-refractivity contribution >= 4 is 5.82 Å². The van der Waals surface area contributed by atoms with Crippen LogP contribution in [0.25, 0.3) is 11.3 Å². The van der Waals surface area contributed by atoms with E-state index >= 15 is 0 Å². The topological polar surface area (TPSA) is 69.2 Å². The predicted octanol–water partition coefficient (Wildman–Crippen LogP) is 3.95. The quantitative estimate of drug-likeness (QED) is 0.791. The van der Waals surface area contributed by atoms with Gasteiger partial charge in [0, 0.05) is 42.5 Å². The van der Waals surface area contributed by atoms with Crippen LogP contribution in [0.4, 0.5) is 19.0 Å². The maximum atomic E-state index is 13.3. The molecular formula is C22H28F3N5O. The molecule has 9 heteroatoms. The molecule has 3 aliphatic rings. The number of fused-ring (bicyclic) bond motifs is 1. The van der Waals surface area contributed by atoms with Crippen molar-refractivity contribution in [2.75, 3.05) is 32.5 Å². The van der Waals surface area contributed by atoms with Gasteiger partial charge in [-0.2, -0.15) is 18.3 Å². The van der Waals surface area contributed by atoms with Gasteiger partial charge < -0.3 is 15.4 Å². The lowest BCUT2D eigenvalue weighted by molar-refractivity contribution is -0.137. The van der Waals surface area contributed by atoms with Crippen LogP contribution in [0.15, 0.2) is 18.3 Å². The number of nitrogen functional groups attached to an aromatic ring is 1. The zero-order chi connectivity index (χ0) is 22.1. The summed E-state index contributed by atoms with van der Waals surface area (Å²) in [5.41, 5.74) is 6.45. The Kier molecular flexibility index (Phi) is 4.64. The van der Waals surface area contributed by atoms with Crippen LogP contribution in [0.5, 0.6) is 0 Å². The van der Waals surface area contributed by atoms with Crippen molar-refractivity contribution in [2.45, 2.75) is 50.4 Å². The third-order valence-corrected chi connectivity index (χ3v) is 7.10. The summed E-state index contributed by atoms with van der Waals surface area (Å²) < 4.78 is 48.0. The molecule has 31 heavy (non-hydrogen) atoms. The number of nitrogens with zero attached hydrogens (tertiary/aromatic N) is 4. The Morgan fingerprint density at radius 2 is 1.94 bits per heavy atom. The molecule has 2 N–H and O–H groups in total. The highest BCUT2D eigenvalue weighted by Crippen LogP contribution is 2.67. The van der Waals surface area contributed by atoms with Gasteiger partial charge in [-0.1, -0.05) is 0 Å². The first kappa shape index (κ1) is 20.8. The van der Waals surface area contributed by atoms with E-state index < -0.39 is 17.6 Å². The summed E-state index contributed by atoms with van der Waals surface area (Å²) in [5.74, 6) is 0.959. The molecule has 2 aromatic heterocycles. The van der Waals surface area contributed by atoms with Crippen molar-refractivity contribution in [3.05, 3.63) is 29.6 Å². The van der Waals surface area contributed by atoms with Gasteiger partial charge in [0.25, 0.3) is 0 Å². The third kappa shape index (κ3) is 3.51. The lowest BCUT2D eigenvalue weighted by Crippen LogP contribution is -2.49. The molecule has 1 aliphatic heterocycles. The van der Waals surface area contributed by atoms with E-state index in [4.69, 9.17) is 10.5 Å². The monoisotopic (exact) mass is 435 g/mol. The number of ether oxygens (including phenoxy) is 1. The standard InChI is InChI=1S/C22H28F3N5O/c1-12(2)30-18(19-14-8-21(9-15(14)19)11-29(3)4-5-31-21)7-17(28-30)13-6-16(22(23,24)25)20(26)27-10-13/h6-7,10,12,14-15,19H,4-5,8-9,11H2,1-3H3,(H2,26,27)/t14-,15+,19?,21?. The first-order valence-corrected chi connectivity index (χ1v) is 10.8. The van der Waals surface area contributed by atoms with Crippen LogP contribution < -0.4 is 5.73 Å². The number of anilines is 1. The molecule has 5 rings (SSSR count). The minimum Gasteiger partial charge on any atom is -0.383 e. The van der Waals surface area contributed by atoms with E-state index in [1.807, 2.05) is 24.6 Å². The molecular weight excluding hydrogens is 407 g/mol. The van der Waals surface area contributed by atoms with Crippen LogP contribution in [0.1, 0.15) is 49.9 Å². The summed E-state index contributed by atoms with van der Waals surface area (Å²) in [6.07, 6.45) is -1.11. The van der Waals surface area contributed by atoms with E-state index in [0.717, 1.165) is 44.3 Å². The SMILES string of the molecule is CC(C)n1nc(-c2cnc(N)c(C(F)(F)F)c2)cc1C1[C@H]2CC3(C[C@@H]12)CN(C)CCO3. The molecule has 0 aromatic carbocycles. The van der Waals surface area contributed by atoms with Gasteiger partial charge in [0.05, 0.1) is 23.5 Å². The van der Waals surface area contributed by atoms with Crippen LogP contribution >= 0.6 is 0 Å². The van der Waals surface area contributed by atoms with E-state index in [-0.39, 0.29) is 11.6 Å². The summed E-state index contributed by atoms with van der Waals surface area (Å²) >= 11 is 0. The minimum atomic E-state index is -4.55. The van der Waals surface area contributed by atoms with Crippen LogP contribution in [-0.4, -0.2) is 52.0 Å². The van der Waals surface area contributed by atoms with Crippen molar-refractivity contribution in [1.82, 2.24) is 19.7 Å². The van der Waals surface area contributed by atoms with Gasteiger partial charge in [0.2, 0.25) is 0 Å². The first-order valence-electron chi connectivity index (χ1n) is 10.8. The molecule has 0 amide bonds. The Balaban J connectivity index is 1.43. The number of halogens is 3. The second-order valence-corrected chi connectivity index (χ2v) is 9.68. The van der Waals surface area contributed by atoms with E-state index in [2.05, 4.69) is 22.0 Å². The summed E-state index contributed by atoms with van der Waals surface area (Å²) in [6, 6.07) is 3.10. The molecule has 2 aliphatic carbocycles. The molecule has 3 heterocycles. The van der Waals surface area contributed by atoms with E-state index in [0.29, 0.717) is 29.0 Å². The van der Waals surface area contributed by atoms with E-state index in [1.165, 1.54) is 6.20 Å². The van der Waals surface area contributed by atoms with Gasteiger partial charge >= 0.3 is 6.18 Å². The summed E-state index contributed by atoms with van der Waals surface area (Å²) in [6.45, 7) is 6.81. The van der Waals surface area contributed by atoms with Crippen LogP contribution in [-0.2, 0) is 10.9 Å². The molecule has 1 spiro atoms. The molecule has 0 radical (unpaired) electrons. The maximum absolute atomic E-state index is 13.3.